The van der Waals surface area contributed by atoms with Gasteiger partial charge >= 0.3 is 5.69 Å². The van der Waals surface area contributed by atoms with Crippen molar-refractivity contribution in [2.75, 3.05) is 20.0 Å². The van der Waals surface area contributed by atoms with Crippen LogP contribution in [0, 0.1) is 33.4 Å². The maximum atomic E-state index is 12.8. The molecule has 0 amide bonds. The van der Waals surface area contributed by atoms with Crippen molar-refractivity contribution in [2.45, 2.75) is 0 Å². The summed E-state index contributed by atoms with van der Waals surface area (Å²) < 4.78 is 59.8. The first-order chi connectivity index (χ1) is 11.2. The van der Waals surface area contributed by atoms with Crippen LogP contribution in [0.1, 0.15) is 0 Å². The Bertz CT molecular complexity index is 756. The van der Waals surface area contributed by atoms with E-state index in [-0.39, 0.29) is 17.2 Å². The Morgan fingerprint density at radius 2 is 1.33 bits per heavy atom. The Balaban J connectivity index is 0.000000243. The Morgan fingerprint density at radius 3 is 1.79 bits per heavy atom. The van der Waals surface area contributed by atoms with E-state index >= 15 is 0 Å². The molecule has 0 fully saturated rings. The molecule has 0 aliphatic heterocycles. The molecule has 130 valence electrons. The standard InChI is InChI=1S/C7H5F2NO3.C7H7F2NO/c1-13-5-3-2-4(10(11)12)6(8)7(5)9;1-11-5-3-2-4(10)6(8)7(5)9/h2-3H,1H3;2-3H,10H2,1H3. The molecule has 2 aromatic rings. The van der Waals surface area contributed by atoms with Crippen molar-refractivity contribution < 1.29 is 32.0 Å². The van der Waals surface area contributed by atoms with Crippen LogP contribution < -0.4 is 15.2 Å². The zero-order valence-corrected chi connectivity index (χ0v) is 12.5. The summed E-state index contributed by atoms with van der Waals surface area (Å²) in [5.41, 5.74) is 3.95. The number of benzene rings is 2. The summed E-state index contributed by atoms with van der Waals surface area (Å²) in [7, 11) is 2.40. The van der Waals surface area contributed by atoms with Crippen LogP contribution in [-0.4, -0.2) is 19.1 Å². The monoisotopic (exact) mass is 348 g/mol. The number of nitro groups is 1. The van der Waals surface area contributed by atoms with Crippen molar-refractivity contribution in [3.63, 3.8) is 0 Å². The van der Waals surface area contributed by atoms with Crippen molar-refractivity contribution in [1.82, 2.24) is 0 Å². The van der Waals surface area contributed by atoms with Crippen molar-refractivity contribution in [3.8, 4) is 11.5 Å². The van der Waals surface area contributed by atoms with Gasteiger partial charge in [0.1, 0.15) is 0 Å². The van der Waals surface area contributed by atoms with Crippen LogP contribution in [0.3, 0.4) is 0 Å². The van der Waals surface area contributed by atoms with Gasteiger partial charge < -0.3 is 15.2 Å². The summed E-state index contributed by atoms with van der Waals surface area (Å²) in [5, 5.41) is 10.1. The molecule has 0 heterocycles. The van der Waals surface area contributed by atoms with Crippen LogP contribution in [0.25, 0.3) is 0 Å². The lowest BCUT2D eigenvalue weighted by Gasteiger charge is -2.02. The predicted octanol–water partition coefficient (Wildman–Crippen LogP) is 3.44. The number of halogens is 4. The number of rotatable bonds is 3. The van der Waals surface area contributed by atoms with Crippen LogP contribution in [0.4, 0.5) is 28.9 Å². The van der Waals surface area contributed by atoms with E-state index in [0.717, 1.165) is 19.2 Å². The molecule has 24 heavy (non-hydrogen) atoms. The Hall–Kier alpha value is -3.04. The third kappa shape index (κ3) is 4.03. The zero-order chi connectivity index (χ0) is 18.4. The Morgan fingerprint density at radius 1 is 0.875 bits per heavy atom. The van der Waals surface area contributed by atoms with Gasteiger partial charge in [-0.1, -0.05) is 0 Å². The second-order valence-electron chi connectivity index (χ2n) is 4.16. The minimum absolute atomic E-state index is 0.142. The van der Waals surface area contributed by atoms with Gasteiger partial charge in [-0.2, -0.15) is 13.2 Å². The van der Waals surface area contributed by atoms with E-state index in [1.54, 1.807) is 0 Å². The fraction of sp³-hybridized carbons (Fsp3) is 0.143. The highest BCUT2D eigenvalue weighted by atomic mass is 19.2. The van der Waals surface area contributed by atoms with Gasteiger partial charge in [0, 0.05) is 6.07 Å². The van der Waals surface area contributed by atoms with E-state index < -0.39 is 33.9 Å². The summed E-state index contributed by atoms with van der Waals surface area (Å²) in [4.78, 5) is 9.13. The molecule has 2 N–H and O–H groups in total. The average molecular weight is 348 g/mol. The minimum atomic E-state index is -1.51. The number of hydrogen-bond acceptors (Lipinski definition) is 5. The van der Waals surface area contributed by atoms with Gasteiger partial charge in [0.15, 0.2) is 17.3 Å². The van der Waals surface area contributed by atoms with Crippen LogP contribution in [0.15, 0.2) is 24.3 Å². The highest BCUT2D eigenvalue weighted by Gasteiger charge is 2.21. The molecular weight excluding hydrogens is 336 g/mol. The molecule has 0 aliphatic rings. The van der Waals surface area contributed by atoms with Crippen molar-refractivity contribution in [2.24, 2.45) is 0 Å². The topological polar surface area (TPSA) is 87.6 Å². The maximum absolute atomic E-state index is 12.8. The molecule has 2 rings (SSSR count). The molecular formula is C14H12F4N2O4. The van der Waals surface area contributed by atoms with Gasteiger partial charge in [0.2, 0.25) is 17.5 Å². The van der Waals surface area contributed by atoms with Crippen LogP contribution >= 0.6 is 0 Å². The van der Waals surface area contributed by atoms with E-state index in [1.165, 1.54) is 19.2 Å². The van der Waals surface area contributed by atoms with Crippen molar-refractivity contribution >= 4 is 11.4 Å². The van der Waals surface area contributed by atoms with Crippen molar-refractivity contribution in [1.29, 1.82) is 0 Å². The highest BCUT2D eigenvalue weighted by Crippen LogP contribution is 2.26. The number of methoxy groups -OCH3 is 2. The molecule has 0 aliphatic carbocycles. The predicted molar refractivity (Wildman–Crippen MR) is 76.9 cm³/mol. The van der Waals surface area contributed by atoms with Gasteiger partial charge in [-0.3, -0.25) is 10.1 Å². The largest absolute Gasteiger partial charge is 0.494 e. The van der Waals surface area contributed by atoms with E-state index in [9.17, 15) is 27.7 Å². The molecule has 0 unspecified atom stereocenters. The normalized spacial score (nSPS) is 9.75. The van der Waals surface area contributed by atoms with Crippen LogP contribution in [0.2, 0.25) is 0 Å². The second kappa shape index (κ2) is 7.99. The maximum Gasteiger partial charge on any atom is 0.308 e. The van der Waals surface area contributed by atoms with Gasteiger partial charge in [0.05, 0.1) is 24.8 Å². The molecule has 0 atom stereocenters. The molecule has 0 spiro atoms. The van der Waals surface area contributed by atoms with E-state index in [2.05, 4.69) is 9.47 Å². The quantitative estimate of drug-likeness (QED) is 0.397. The summed E-state index contributed by atoms with van der Waals surface area (Å²) >= 11 is 0. The number of anilines is 1. The van der Waals surface area contributed by atoms with Crippen molar-refractivity contribution in [3.05, 3.63) is 57.6 Å². The molecule has 0 aromatic heterocycles. The fourth-order valence-electron chi connectivity index (χ4n) is 1.52. The average Bonchev–Trinajstić information content (AvgIpc) is 2.55. The lowest BCUT2D eigenvalue weighted by molar-refractivity contribution is -0.387. The van der Waals surface area contributed by atoms with Gasteiger partial charge in [-0.25, -0.2) is 4.39 Å². The first-order valence-corrected chi connectivity index (χ1v) is 6.18. The third-order valence-corrected chi connectivity index (χ3v) is 2.74. The number of nitro benzene ring substituents is 1. The second-order valence-corrected chi connectivity index (χ2v) is 4.16. The summed E-state index contributed by atoms with van der Waals surface area (Å²) in [6.45, 7) is 0. The molecule has 0 bridgehead atoms. The number of hydrogen-bond donors (Lipinski definition) is 1. The summed E-state index contributed by atoms with van der Waals surface area (Å²) in [5.74, 6) is -5.47. The SMILES string of the molecule is COc1ccc(N)c(F)c1F.COc1ccc([N+](=O)[O-])c(F)c1F. The first-order valence-electron chi connectivity index (χ1n) is 6.18. The third-order valence-electron chi connectivity index (χ3n) is 2.74. The Kier molecular flexibility index (Phi) is 6.33. The van der Waals surface area contributed by atoms with Gasteiger partial charge in [-0.05, 0) is 18.2 Å². The van der Waals surface area contributed by atoms with E-state index in [4.69, 9.17) is 5.73 Å². The number of ether oxygens (including phenoxy) is 2. The minimum Gasteiger partial charge on any atom is -0.494 e. The van der Waals surface area contributed by atoms with Crippen LogP contribution in [-0.2, 0) is 0 Å². The lowest BCUT2D eigenvalue weighted by Crippen LogP contribution is -1.98. The molecule has 0 saturated heterocycles. The molecule has 0 saturated carbocycles. The number of nitrogens with zero attached hydrogens (tertiary/aromatic N) is 1. The molecule has 2 aromatic carbocycles. The molecule has 6 nitrogen and oxygen atoms in total. The van der Waals surface area contributed by atoms with E-state index in [0.29, 0.717) is 0 Å². The first kappa shape index (κ1) is 19.0. The van der Waals surface area contributed by atoms with Crippen LogP contribution in [0.5, 0.6) is 11.5 Å². The highest BCUT2D eigenvalue weighted by molar-refractivity contribution is 5.44. The number of nitrogen functional groups attached to an aromatic ring is 1. The smallest absolute Gasteiger partial charge is 0.308 e. The van der Waals surface area contributed by atoms with Gasteiger partial charge in [-0.15, -0.1) is 0 Å². The number of nitrogens with two attached hydrogens (primary N) is 1. The lowest BCUT2D eigenvalue weighted by atomic mass is 10.3. The van der Waals surface area contributed by atoms with Gasteiger partial charge in [0.25, 0.3) is 0 Å². The zero-order valence-electron chi connectivity index (χ0n) is 12.5. The fourth-order valence-corrected chi connectivity index (χ4v) is 1.52. The summed E-state index contributed by atoms with van der Waals surface area (Å²) in [6, 6.07) is 4.36. The van der Waals surface area contributed by atoms with E-state index in [1.807, 2.05) is 0 Å². The molecule has 0 radical (unpaired) electrons. The molecule has 10 heteroatoms. The Labute approximate surface area is 133 Å². The summed E-state index contributed by atoms with van der Waals surface area (Å²) in [6.07, 6.45) is 0.